The highest BCUT2D eigenvalue weighted by Gasteiger charge is 2.16. The molecule has 21 heavy (non-hydrogen) atoms. The van der Waals surface area contributed by atoms with Crippen LogP contribution in [0.2, 0.25) is 0 Å². The molecule has 3 heteroatoms. The lowest BCUT2D eigenvalue weighted by Gasteiger charge is -2.32. The Balaban J connectivity index is 2.03. The summed E-state index contributed by atoms with van der Waals surface area (Å²) in [5.74, 6) is -0.0754. The molecular formula is C18H33NO2. The number of unbranched alkanes of at least 4 members (excludes halogenated alkanes) is 2. The van der Waals surface area contributed by atoms with Gasteiger partial charge >= 0.3 is 5.97 Å². The fourth-order valence-corrected chi connectivity index (χ4v) is 2.68. The van der Waals surface area contributed by atoms with Gasteiger partial charge in [-0.2, -0.15) is 0 Å². The Hall–Kier alpha value is -0.830. The van der Waals surface area contributed by atoms with Crippen LogP contribution < -0.4 is 0 Å². The molecule has 1 aliphatic rings. The predicted octanol–water partition coefficient (Wildman–Crippen LogP) is 4.32. The maximum absolute atomic E-state index is 11.5. The van der Waals surface area contributed by atoms with Crippen LogP contribution >= 0.6 is 0 Å². The van der Waals surface area contributed by atoms with Crippen molar-refractivity contribution in [1.82, 2.24) is 4.90 Å². The van der Waals surface area contributed by atoms with Gasteiger partial charge in [-0.1, -0.05) is 18.6 Å². The molecule has 0 aliphatic carbocycles. The van der Waals surface area contributed by atoms with E-state index in [1.54, 1.807) is 0 Å². The number of esters is 1. The highest BCUT2D eigenvalue weighted by atomic mass is 16.6. The number of hydrogen-bond acceptors (Lipinski definition) is 3. The molecule has 1 saturated heterocycles. The van der Waals surface area contributed by atoms with Gasteiger partial charge in [-0.05, 0) is 66.3 Å². The molecule has 1 fully saturated rings. The Morgan fingerprint density at radius 3 is 2.67 bits per heavy atom. The average Bonchev–Trinajstić information content (AvgIpc) is 2.37. The monoisotopic (exact) mass is 295 g/mol. The third kappa shape index (κ3) is 8.92. The van der Waals surface area contributed by atoms with Crippen molar-refractivity contribution < 1.29 is 9.53 Å². The van der Waals surface area contributed by atoms with Crippen LogP contribution in [0.3, 0.4) is 0 Å². The molecule has 0 aromatic carbocycles. The molecule has 3 nitrogen and oxygen atoms in total. The van der Waals surface area contributed by atoms with Crippen molar-refractivity contribution in [3.8, 4) is 0 Å². The van der Waals surface area contributed by atoms with Gasteiger partial charge in [0.1, 0.15) is 5.60 Å². The maximum Gasteiger partial charge on any atom is 0.306 e. The molecule has 122 valence electrons. The number of carbonyl (C=O) groups is 1. The zero-order chi connectivity index (χ0) is 15.7. The van der Waals surface area contributed by atoms with E-state index >= 15 is 0 Å². The highest BCUT2D eigenvalue weighted by Crippen LogP contribution is 2.16. The van der Waals surface area contributed by atoms with Crippen molar-refractivity contribution in [3.63, 3.8) is 0 Å². The summed E-state index contributed by atoms with van der Waals surface area (Å²) in [5, 5.41) is 0. The van der Waals surface area contributed by atoms with Crippen LogP contribution in [-0.4, -0.2) is 35.6 Å². The van der Waals surface area contributed by atoms with Gasteiger partial charge in [-0.3, -0.25) is 9.69 Å². The summed E-state index contributed by atoms with van der Waals surface area (Å²) in [5.41, 5.74) is -0.359. The second kappa shape index (κ2) is 9.24. The molecule has 1 aliphatic heterocycles. The first kappa shape index (κ1) is 18.2. The van der Waals surface area contributed by atoms with Crippen molar-refractivity contribution in [2.75, 3.05) is 13.1 Å². The SMILES string of the molecule is CC1CCCCN1CC=CCCCCC(=O)OC(C)(C)C. The number of carbonyl (C=O) groups excluding carboxylic acids is 1. The molecule has 1 atom stereocenters. The first-order chi connectivity index (χ1) is 9.88. The Labute approximate surface area is 130 Å². The lowest BCUT2D eigenvalue weighted by atomic mass is 10.0. The molecule has 0 aromatic rings. The second-order valence-corrected chi connectivity index (χ2v) is 7.14. The Kier molecular flexibility index (Phi) is 8.02. The summed E-state index contributed by atoms with van der Waals surface area (Å²) in [4.78, 5) is 14.1. The van der Waals surface area contributed by atoms with Gasteiger partial charge in [-0.15, -0.1) is 0 Å². The standard InChI is InChI=1S/C18H33NO2/c1-16-12-9-11-15-19(16)14-10-7-5-6-8-13-17(20)21-18(2,3)4/h7,10,16H,5-6,8-9,11-15H2,1-4H3. The number of ether oxygens (including phenoxy) is 1. The minimum Gasteiger partial charge on any atom is -0.460 e. The van der Waals surface area contributed by atoms with E-state index < -0.39 is 0 Å². The third-order valence-electron chi connectivity index (χ3n) is 3.87. The van der Waals surface area contributed by atoms with Crippen molar-refractivity contribution in [2.45, 2.75) is 84.3 Å². The number of hydrogen-bond donors (Lipinski definition) is 0. The molecule has 0 N–H and O–H groups in total. The fourth-order valence-electron chi connectivity index (χ4n) is 2.68. The Morgan fingerprint density at radius 2 is 2.00 bits per heavy atom. The van der Waals surface area contributed by atoms with E-state index in [1.807, 2.05) is 20.8 Å². The Morgan fingerprint density at radius 1 is 1.24 bits per heavy atom. The number of nitrogens with zero attached hydrogens (tertiary/aromatic N) is 1. The topological polar surface area (TPSA) is 29.5 Å². The van der Waals surface area contributed by atoms with E-state index in [2.05, 4.69) is 24.0 Å². The van der Waals surface area contributed by atoms with E-state index in [4.69, 9.17) is 4.74 Å². The van der Waals surface area contributed by atoms with Gasteiger partial charge in [0.05, 0.1) is 0 Å². The number of piperidine rings is 1. The summed E-state index contributed by atoms with van der Waals surface area (Å²) in [6.45, 7) is 10.4. The minimum atomic E-state index is -0.359. The smallest absolute Gasteiger partial charge is 0.306 e. The highest BCUT2D eigenvalue weighted by molar-refractivity contribution is 5.69. The molecule has 0 spiro atoms. The predicted molar refractivity (Wildman–Crippen MR) is 88.3 cm³/mol. The number of likely N-dealkylation sites (tertiary alicyclic amines) is 1. The first-order valence-corrected chi connectivity index (χ1v) is 8.49. The number of rotatable bonds is 7. The molecule has 0 bridgehead atoms. The van der Waals surface area contributed by atoms with E-state index in [-0.39, 0.29) is 11.6 Å². The summed E-state index contributed by atoms with van der Waals surface area (Å²) in [7, 11) is 0. The van der Waals surface area contributed by atoms with E-state index in [9.17, 15) is 4.79 Å². The largest absolute Gasteiger partial charge is 0.460 e. The van der Waals surface area contributed by atoms with E-state index in [0.29, 0.717) is 6.42 Å². The van der Waals surface area contributed by atoms with Gasteiger partial charge in [0.2, 0.25) is 0 Å². The molecule has 1 heterocycles. The zero-order valence-electron chi connectivity index (χ0n) is 14.4. The minimum absolute atomic E-state index is 0.0754. The number of allylic oxidation sites excluding steroid dienone is 1. The van der Waals surface area contributed by atoms with Gasteiger partial charge in [0.15, 0.2) is 0 Å². The normalized spacial score (nSPS) is 20.9. The lowest BCUT2D eigenvalue weighted by molar-refractivity contribution is -0.154. The molecule has 0 saturated carbocycles. The maximum atomic E-state index is 11.5. The van der Waals surface area contributed by atoms with Crippen LogP contribution in [0.5, 0.6) is 0 Å². The fraction of sp³-hybridized carbons (Fsp3) is 0.833. The van der Waals surface area contributed by atoms with E-state index in [0.717, 1.165) is 31.8 Å². The van der Waals surface area contributed by atoms with Crippen molar-refractivity contribution in [1.29, 1.82) is 0 Å². The van der Waals surface area contributed by atoms with Crippen LogP contribution in [-0.2, 0) is 9.53 Å². The molecule has 0 aromatic heterocycles. The molecule has 0 radical (unpaired) electrons. The van der Waals surface area contributed by atoms with Gasteiger partial charge in [0.25, 0.3) is 0 Å². The van der Waals surface area contributed by atoms with Gasteiger partial charge < -0.3 is 4.74 Å². The molecule has 1 rings (SSSR count). The van der Waals surface area contributed by atoms with Crippen LogP contribution in [0, 0.1) is 0 Å². The van der Waals surface area contributed by atoms with Gasteiger partial charge in [-0.25, -0.2) is 0 Å². The van der Waals surface area contributed by atoms with Crippen LogP contribution in [0.25, 0.3) is 0 Å². The average molecular weight is 295 g/mol. The summed E-state index contributed by atoms with van der Waals surface area (Å²) < 4.78 is 5.29. The summed E-state index contributed by atoms with van der Waals surface area (Å²) >= 11 is 0. The van der Waals surface area contributed by atoms with Crippen LogP contribution in [0.4, 0.5) is 0 Å². The molecule has 1 unspecified atom stereocenters. The summed E-state index contributed by atoms with van der Waals surface area (Å²) in [6, 6.07) is 0.732. The van der Waals surface area contributed by atoms with Crippen LogP contribution in [0.1, 0.15) is 72.6 Å². The second-order valence-electron chi connectivity index (χ2n) is 7.14. The first-order valence-electron chi connectivity index (χ1n) is 8.49. The van der Waals surface area contributed by atoms with Crippen molar-refractivity contribution in [3.05, 3.63) is 12.2 Å². The zero-order valence-corrected chi connectivity index (χ0v) is 14.4. The summed E-state index contributed by atoms with van der Waals surface area (Å²) in [6.07, 6.45) is 12.2. The lowest BCUT2D eigenvalue weighted by Crippen LogP contribution is -2.37. The van der Waals surface area contributed by atoms with Crippen molar-refractivity contribution >= 4 is 5.97 Å². The van der Waals surface area contributed by atoms with Crippen molar-refractivity contribution in [2.24, 2.45) is 0 Å². The van der Waals surface area contributed by atoms with E-state index in [1.165, 1.54) is 25.8 Å². The molecular weight excluding hydrogens is 262 g/mol. The Bertz CT molecular complexity index is 331. The molecule has 0 amide bonds. The quantitative estimate of drug-likeness (QED) is 0.398. The van der Waals surface area contributed by atoms with Crippen LogP contribution in [0.15, 0.2) is 12.2 Å². The van der Waals surface area contributed by atoms with Gasteiger partial charge in [0, 0.05) is 19.0 Å². The third-order valence-corrected chi connectivity index (χ3v) is 3.87.